The molecule has 1 saturated heterocycles. The Labute approximate surface area is 119 Å². The minimum atomic E-state index is 0.624. The van der Waals surface area contributed by atoms with Crippen molar-refractivity contribution in [3.63, 3.8) is 0 Å². The molecule has 0 atom stereocenters. The van der Waals surface area contributed by atoms with Gasteiger partial charge in [0.05, 0.1) is 5.69 Å². The number of rotatable bonds is 2. The molecule has 0 radical (unpaired) electrons. The lowest BCUT2D eigenvalue weighted by molar-refractivity contribution is 0.183. The van der Waals surface area contributed by atoms with Gasteiger partial charge < -0.3 is 0 Å². The number of halogens is 1. The Hall–Kier alpha value is -1.12. The Morgan fingerprint density at radius 2 is 2.00 bits per heavy atom. The lowest BCUT2D eigenvalue weighted by Crippen LogP contribution is -2.32. The van der Waals surface area contributed by atoms with Gasteiger partial charge in [0.1, 0.15) is 5.15 Å². The summed E-state index contributed by atoms with van der Waals surface area (Å²) in [5.74, 6) is 0.865. The van der Waals surface area contributed by atoms with Crippen molar-refractivity contribution in [2.24, 2.45) is 5.92 Å². The standard InChI is InChI=1S/C16H19ClN2/c1-12-6-8-19(9-7-12)11-14-10-13-4-2-3-5-15(13)16(17)18-14/h2-5,10,12H,6-9,11H2,1H3. The average molecular weight is 275 g/mol. The molecule has 1 aliphatic heterocycles. The largest absolute Gasteiger partial charge is 0.297 e. The fraction of sp³-hybridized carbons (Fsp3) is 0.438. The molecule has 1 aromatic carbocycles. The molecule has 1 aromatic heterocycles. The number of hydrogen-bond acceptors (Lipinski definition) is 2. The molecule has 19 heavy (non-hydrogen) atoms. The first kappa shape index (κ1) is 12.9. The van der Waals surface area contributed by atoms with Crippen LogP contribution in [0.25, 0.3) is 10.8 Å². The summed E-state index contributed by atoms with van der Waals surface area (Å²) in [6, 6.07) is 10.3. The topological polar surface area (TPSA) is 16.1 Å². The molecule has 0 saturated carbocycles. The predicted molar refractivity (Wildman–Crippen MR) is 80.4 cm³/mol. The summed E-state index contributed by atoms with van der Waals surface area (Å²) in [7, 11) is 0. The smallest absolute Gasteiger partial charge is 0.137 e. The van der Waals surface area contributed by atoms with Gasteiger partial charge in [0.15, 0.2) is 0 Å². The van der Waals surface area contributed by atoms with E-state index in [1.807, 2.05) is 18.2 Å². The lowest BCUT2D eigenvalue weighted by Gasteiger charge is -2.29. The van der Waals surface area contributed by atoms with Gasteiger partial charge in [0, 0.05) is 11.9 Å². The first-order valence-corrected chi connectivity index (χ1v) is 7.36. The summed E-state index contributed by atoms with van der Waals surface area (Å²) in [5.41, 5.74) is 1.08. The number of nitrogens with zero attached hydrogens (tertiary/aromatic N) is 2. The molecule has 0 aliphatic carbocycles. The molecule has 3 heteroatoms. The van der Waals surface area contributed by atoms with E-state index < -0.39 is 0 Å². The van der Waals surface area contributed by atoms with Crippen molar-refractivity contribution in [3.05, 3.63) is 41.2 Å². The number of likely N-dealkylation sites (tertiary alicyclic amines) is 1. The van der Waals surface area contributed by atoms with E-state index in [-0.39, 0.29) is 0 Å². The fourth-order valence-corrected chi connectivity index (χ4v) is 3.02. The highest BCUT2D eigenvalue weighted by atomic mass is 35.5. The number of piperidine rings is 1. The van der Waals surface area contributed by atoms with Crippen LogP contribution < -0.4 is 0 Å². The molecule has 0 amide bonds. The molecule has 0 spiro atoms. The fourth-order valence-electron chi connectivity index (χ4n) is 2.74. The molecule has 2 nitrogen and oxygen atoms in total. The van der Waals surface area contributed by atoms with Crippen molar-refractivity contribution in [3.8, 4) is 0 Å². The molecule has 2 aromatic rings. The quantitative estimate of drug-likeness (QED) is 0.766. The van der Waals surface area contributed by atoms with Crippen molar-refractivity contribution in [2.45, 2.75) is 26.3 Å². The van der Waals surface area contributed by atoms with Crippen molar-refractivity contribution >= 4 is 22.4 Å². The number of fused-ring (bicyclic) bond motifs is 1. The van der Waals surface area contributed by atoms with Crippen LogP contribution in [0.15, 0.2) is 30.3 Å². The maximum atomic E-state index is 6.27. The van der Waals surface area contributed by atoms with Crippen molar-refractivity contribution < 1.29 is 0 Å². The first-order valence-electron chi connectivity index (χ1n) is 6.99. The molecule has 1 fully saturated rings. The normalized spacial score (nSPS) is 18.0. The van der Waals surface area contributed by atoms with E-state index in [1.54, 1.807) is 0 Å². The number of pyridine rings is 1. The highest BCUT2D eigenvalue weighted by molar-refractivity contribution is 6.34. The van der Waals surface area contributed by atoms with E-state index in [0.717, 1.165) is 23.5 Å². The Morgan fingerprint density at radius 1 is 1.26 bits per heavy atom. The number of aromatic nitrogens is 1. The van der Waals surface area contributed by atoms with Gasteiger partial charge in [-0.1, -0.05) is 42.8 Å². The third kappa shape index (κ3) is 2.90. The van der Waals surface area contributed by atoms with E-state index in [1.165, 1.54) is 31.3 Å². The third-order valence-electron chi connectivity index (χ3n) is 4.01. The first-order chi connectivity index (χ1) is 9.22. The van der Waals surface area contributed by atoms with E-state index >= 15 is 0 Å². The van der Waals surface area contributed by atoms with Gasteiger partial charge in [-0.05, 0) is 43.3 Å². The highest BCUT2D eigenvalue weighted by Gasteiger charge is 2.16. The molecule has 0 N–H and O–H groups in total. The van der Waals surface area contributed by atoms with Gasteiger partial charge in [0.25, 0.3) is 0 Å². The Morgan fingerprint density at radius 3 is 2.79 bits per heavy atom. The van der Waals surface area contributed by atoms with E-state index in [4.69, 9.17) is 11.6 Å². The molecule has 0 unspecified atom stereocenters. The molecule has 1 aliphatic rings. The summed E-state index contributed by atoms with van der Waals surface area (Å²) in [5, 5.41) is 2.85. The van der Waals surface area contributed by atoms with Gasteiger partial charge in [-0.3, -0.25) is 4.90 Å². The van der Waals surface area contributed by atoms with Gasteiger partial charge in [0.2, 0.25) is 0 Å². The van der Waals surface area contributed by atoms with Crippen LogP contribution in [-0.2, 0) is 6.54 Å². The number of benzene rings is 1. The van der Waals surface area contributed by atoms with E-state index in [0.29, 0.717) is 5.15 Å². The summed E-state index contributed by atoms with van der Waals surface area (Å²) < 4.78 is 0. The Bertz CT molecular complexity index is 574. The summed E-state index contributed by atoms with van der Waals surface area (Å²) >= 11 is 6.27. The zero-order valence-corrected chi connectivity index (χ0v) is 12.0. The monoisotopic (exact) mass is 274 g/mol. The average Bonchev–Trinajstić information content (AvgIpc) is 2.42. The van der Waals surface area contributed by atoms with Crippen molar-refractivity contribution in [1.29, 1.82) is 0 Å². The van der Waals surface area contributed by atoms with Gasteiger partial charge >= 0.3 is 0 Å². The van der Waals surface area contributed by atoms with Crippen LogP contribution >= 0.6 is 11.6 Å². The second-order valence-electron chi connectivity index (χ2n) is 5.58. The van der Waals surface area contributed by atoms with Crippen molar-refractivity contribution in [1.82, 2.24) is 9.88 Å². The van der Waals surface area contributed by atoms with Gasteiger partial charge in [-0.15, -0.1) is 0 Å². The zero-order chi connectivity index (χ0) is 13.2. The van der Waals surface area contributed by atoms with Gasteiger partial charge in [-0.2, -0.15) is 0 Å². The van der Waals surface area contributed by atoms with E-state index in [9.17, 15) is 0 Å². The third-order valence-corrected chi connectivity index (χ3v) is 4.30. The van der Waals surface area contributed by atoms with Crippen LogP contribution in [0.2, 0.25) is 5.15 Å². The number of hydrogen-bond donors (Lipinski definition) is 0. The van der Waals surface area contributed by atoms with E-state index in [2.05, 4.69) is 28.9 Å². The minimum absolute atomic E-state index is 0.624. The zero-order valence-electron chi connectivity index (χ0n) is 11.3. The second-order valence-corrected chi connectivity index (χ2v) is 5.94. The van der Waals surface area contributed by atoms with Crippen LogP contribution in [0, 0.1) is 5.92 Å². The molecule has 2 heterocycles. The van der Waals surface area contributed by atoms with Crippen LogP contribution in [0.5, 0.6) is 0 Å². The van der Waals surface area contributed by atoms with Crippen LogP contribution in [0.1, 0.15) is 25.5 Å². The van der Waals surface area contributed by atoms with Crippen LogP contribution in [0.3, 0.4) is 0 Å². The van der Waals surface area contributed by atoms with Crippen LogP contribution in [-0.4, -0.2) is 23.0 Å². The van der Waals surface area contributed by atoms with Crippen molar-refractivity contribution in [2.75, 3.05) is 13.1 Å². The lowest BCUT2D eigenvalue weighted by atomic mass is 9.99. The summed E-state index contributed by atoms with van der Waals surface area (Å²) in [6.45, 7) is 5.60. The molecule has 3 rings (SSSR count). The van der Waals surface area contributed by atoms with Crippen LogP contribution in [0.4, 0.5) is 0 Å². The predicted octanol–water partition coefficient (Wildman–Crippen LogP) is 4.12. The SMILES string of the molecule is CC1CCN(Cc2cc3ccccc3c(Cl)n2)CC1. The Balaban J connectivity index is 1.81. The maximum Gasteiger partial charge on any atom is 0.137 e. The van der Waals surface area contributed by atoms with Gasteiger partial charge in [-0.25, -0.2) is 4.98 Å². The molecular formula is C16H19ClN2. The molecule has 100 valence electrons. The maximum absolute atomic E-state index is 6.27. The Kier molecular flexibility index (Phi) is 3.72. The highest BCUT2D eigenvalue weighted by Crippen LogP contribution is 2.24. The molecule has 0 bridgehead atoms. The summed E-state index contributed by atoms with van der Waals surface area (Å²) in [6.07, 6.45) is 2.59. The second kappa shape index (κ2) is 5.48. The minimum Gasteiger partial charge on any atom is -0.297 e. The summed E-state index contributed by atoms with van der Waals surface area (Å²) in [4.78, 5) is 7.02. The molecular weight excluding hydrogens is 256 g/mol.